The molecular formula is C9H19N3O2. The Labute approximate surface area is 85.0 Å². The van der Waals surface area contributed by atoms with Gasteiger partial charge in [0.15, 0.2) is 0 Å². The molecule has 1 aliphatic rings. The summed E-state index contributed by atoms with van der Waals surface area (Å²) in [6, 6.07) is -0.0857. The smallest absolute Gasteiger partial charge is 0.241 e. The Hall–Kier alpha value is -0.650. The molecule has 14 heavy (non-hydrogen) atoms. The van der Waals surface area contributed by atoms with Crippen LogP contribution in [0.5, 0.6) is 0 Å². The molecule has 1 fully saturated rings. The highest BCUT2D eigenvalue weighted by Crippen LogP contribution is 2.18. The minimum Gasteiger partial charge on any atom is -0.360 e. The third-order valence-electron chi connectivity index (χ3n) is 2.59. The first-order valence-electron chi connectivity index (χ1n) is 4.65. The maximum atomic E-state index is 11.6. The summed E-state index contributed by atoms with van der Waals surface area (Å²) in [4.78, 5) is 15.6. The highest BCUT2D eigenvalue weighted by atomic mass is 16.5. The van der Waals surface area contributed by atoms with Gasteiger partial charge < -0.3 is 15.0 Å². The predicted octanol–water partition coefficient (Wildman–Crippen LogP) is -1.05. The molecule has 1 N–H and O–H groups in total. The first kappa shape index (κ1) is 11.4. The van der Waals surface area contributed by atoms with E-state index in [1.807, 2.05) is 38.0 Å². The van der Waals surface area contributed by atoms with Gasteiger partial charge in [-0.2, -0.15) is 0 Å². The zero-order chi connectivity index (χ0) is 10.9. The van der Waals surface area contributed by atoms with Gasteiger partial charge in [-0.25, -0.2) is 0 Å². The topological polar surface area (TPSA) is 44.8 Å². The third kappa shape index (κ3) is 1.89. The normalized spacial score (nSPS) is 32.8. The number of carbonyl (C=O) groups excluding carboxylic acids is 1. The van der Waals surface area contributed by atoms with Crippen LogP contribution in [0.3, 0.4) is 0 Å². The minimum atomic E-state index is -0.218. The Morgan fingerprint density at radius 2 is 1.79 bits per heavy atom. The van der Waals surface area contributed by atoms with Gasteiger partial charge in [0, 0.05) is 7.11 Å². The van der Waals surface area contributed by atoms with Gasteiger partial charge in [-0.3, -0.25) is 9.69 Å². The predicted molar refractivity (Wildman–Crippen MR) is 53.9 cm³/mol. The fourth-order valence-corrected chi connectivity index (χ4v) is 1.92. The number of nitrogens with one attached hydrogen (secondary N) is 1. The number of amides is 1. The van der Waals surface area contributed by atoms with Crippen molar-refractivity contribution in [3.63, 3.8) is 0 Å². The highest BCUT2D eigenvalue weighted by molar-refractivity contribution is 5.85. The molecule has 1 heterocycles. The second-order valence-electron chi connectivity index (χ2n) is 4.03. The van der Waals surface area contributed by atoms with E-state index in [9.17, 15) is 4.79 Å². The Kier molecular flexibility index (Phi) is 3.47. The molecular weight excluding hydrogens is 182 g/mol. The van der Waals surface area contributed by atoms with Crippen LogP contribution in [0.4, 0.5) is 0 Å². The van der Waals surface area contributed by atoms with Crippen LogP contribution in [0.2, 0.25) is 0 Å². The lowest BCUT2D eigenvalue weighted by Crippen LogP contribution is -2.50. The van der Waals surface area contributed by atoms with Crippen molar-refractivity contribution >= 4 is 5.91 Å². The van der Waals surface area contributed by atoms with E-state index in [4.69, 9.17) is 4.74 Å². The summed E-state index contributed by atoms with van der Waals surface area (Å²) in [5, 5.41) is 2.82. The van der Waals surface area contributed by atoms with E-state index in [0.29, 0.717) is 0 Å². The number of methoxy groups -OCH3 is 1. The van der Waals surface area contributed by atoms with Crippen LogP contribution >= 0.6 is 0 Å². The summed E-state index contributed by atoms with van der Waals surface area (Å²) in [7, 11) is 9.32. The molecule has 5 heteroatoms. The van der Waals surface area contributed by atoms with E-state index in [1.165, 1.54) is 0 Å². The lowest BCUT2D eigenvalue weighted by atomic mass is 10.1. The van der Waals surface area contributed by atoms with E-state index in [-0.39, 0.29) is 24.2 Å². The standard InChI is InChI=1S/C9H19N3O2/c1-11(2)6-7(12(3)4)9(14-5)10-8(6)13/h6-7,9H,1-5H3,(H,10,13). The lowest BCUT2D eigenvalue weighted by Gasteiger charge is -2.30. The molecule has 0 saturated carbocycles. The van der Waals surface area contributed by atoms with E-state index in [2.05, 4.69) is 5.32 Å². The van der Waals surface area contributed by atoms with Crippen molar-refractivity contribution in [1.82, 2.24) is 15.1 Å². The Morgan fingerprint density at radius 1 is 1.21 bits per heavy atom. The number of ether oxygens (including phenoxy) is 1. The summed E-state index contributed by atoms with van der Waals surface area (Å²) in [6.45, 7) is 0. The SMILES string of the molecule is COC1NC(=O)C(N(C)C)C1N(C)C. The zero-order valence-corrected chi connectivity index (χ0v) is 9.44. The molecule has 0 aromatic rings. The van der Waals surface area contributed by atoms with Crippen molar-refractivity contribution in [3.8, 4) is 0 Å². The van der Waals surface area contributed by atoms with Crippen molar-refractivity contribution in [2.24, 2.45) is 0 Å². The van der Waals surface area contributed by atoms with Crippen LogP contribution in [0.1, 0.15) is 0 Å². The van der Waals surface area contributed by atoms with Gasteiger partial charge in [-0.15, -0.1) is 0 Å². The Morgan fingerprint density at radius 3 is 2.14 bits per heavy atom. The van der Waals surface area contributed by atoms with Crippen LogP contribution in [0, 0.1) is 0 Å². The van der Waals surface area contributed by atoms with Crippen LogP contribution in [-0.4, -0.2) is 69.3 Å². The fraction of sp³-hybridized carbons (Fsp3) is 0.889. The van der Waals surface area contributed by atoms with Gasteiger partial charge in [-0.05, 0) is 28.2 Å². The number of hydrogen-bond donors (Lipinski definition) is 1. The molecule has 0 spiro atoms. The van der Waals surface area contributed by atoms with Gasteiger partial charge >= 0.3 is 0 Å². The zero-order valence-electron chi connectivity index (χ0n) is 9.44. The summed E-state index contributed by atoms with van der Waals surface area (Å²) in [5.41, 5.74) is 0. The van der Waals surface area contributed by atoms with Gasteiger partial charge in [0.1, 0.15) is 12.3 Å². The minimum absolute atomic E-state index is 0.0283. The van der Waals surface area contributed by atoms with Crippen LogP contribution in [0.25, 0.3) is 0 Å². The third-order valence-corrected chi connectivity index (χ3v) is 2.59. The molecule has 1 saturated heterocycles. The number of nitrogens with zero attached hydrogens (tertiary/aromatic N) is 2. The van der Waals surface area contributed by atoms with Gasteiger partial charge in [0.25, 0.3) is 0 Å². The molecule has 82 valence electrons. The van der Waals surface area contributed by atoms with Crippen molar-refractivity contribution < 1.29 is 9.53 Å². The quantitative estimate of drug-likeness (QED) is 0.633. The molecule has 1 aliphatic heterocycles. The lowest BCUT2D eigenvalue weighted by molar-refractivity contribution is -0.124. The molecule has 0 bridgehead atoms. The number of rotatable bonds is 3. The van der Waals surface area contributed by atoms with Gasteiger partial charge in [0.05, 0.1) is 6.04 Å². The maximum absolute atomic E-state index is 11.6. The molecule has 3 unspecified atom stereocenters. The summed E-state index contributed by atoms with van der Waals surface area (Å²) in [6.07, 6.45) is -0.218. The molecule has 0 aromatic carbocycles. The van der Waals surface area contributed by atoms with Crippen molar-refractivity contribution in [2.45, 2.75) is 18.3 Å². The van der Waals surface area contributed by atoms with Gasteiger partial charge in [0.2, 0.25) is 5.91 Å². The van der Waals surface area contributed by atoms with Crippen molar-refractivity contribution in [1.29, 1.82) is 0 Å². The van der Waals surface area contributed by atoms with E-state index < -0.39 is 0 Å². The number of hydrogen-bond acceptors (Lipinski definition) is 4. The monoisotopic (exact) mass is 201 g/mol. The number of likely N-dealkylation sites (N-methyl/N-ethyl adjacent to an activating group) is 2. The first-order valence-corrected chi connectivity index (χ1v) is 4.65. The number of carbonyl (C=O) groups is 1. The molecule has 1 amide bonds. The average molecular weight is 201 g/mol. The second kappa shape index (κ2) is 4.25. The molecule has 3 atom stereocenters. The molecule has 0 aromatic heterocycles. The second-order valence-corrected chi connectivity index (χ2v) is 4.03. The van der Waals surface area contributed by atoms with Crippen molar-refractivity contribution in [2.75, 3.05) is 35.3 Å². The van der Waals surface area contributed by atoms with Crippen LogP contribution < -0.4 is 5.32 Å². The van der Waals surface area contributed by atoms with Crippen molar-refractivity contribution in [3.05, 3.63) is 0 Å². The Bertz CT molecular complexity index is 218. The molecule has 5 nitrogen and oxygen atoms in total. The highest BCUT2D eigenvalue weighted by Gasteiger charge is 2.44. The van der Waals surface area contributed by atoms with Crippen LogP contribution in [-0.2, 0) is 9.53 Å². The maximum Gasteiger partial charge on any atom is 0.241 e. The summed E-state index contributed by atoms with van der Waals surface area (Å²) < 4.78 is 5.24. The average Bonchev–Trinajstić information content (AvgIpc) is 2.41. The molecule has 1 rings (SSSR count). The fourth-order valence-electron chi connectivity index (χ4n) is 1.92. The van der Waals surface area contributed by atoms with E-state index >= 15 is 0 Å². The van der Waals surface area contributed by atoms with E-state index in [0.717, 1.165) is 0 Å². The van der Waals surface area contributed by atoms with E-state index in [1.54, 1.807) is 7.11 Å². The van der Waals surface area contributed by atoms with Gasteiger partial charge in [-0.1, -0.05) is 0 Å². The summed E-state index contributed by atoms with van der Waals surface area (Å²) in [5.74, 6) is 0.0283. The first-order chi connectivity index (χ1) is 6.49. The molecule has 0 aliphatic carbocycles. The van der Waals surface area contributed by atoms with Crippen LogP contribution in [0.15, 0.2) is 0 Å². The summed E-state index contributed by atoms with van der Waals surface area (Å²) >= 11 is 0. The largest absolute Gasteiger partial charge is 0.360 e. The Balaban J connectivity index is 2.86. The molecule has 0 radical (unpaired) electrons.